The molecule has 0 atom stereocenters. The van der Waals surface area contributed by atoms with E-state index in [0.717, 1.165) is 17.5 Å². The standard InChI is InChI=1S/C12H17NO3S/c14-6-5-13-9-10-3-4-12-11(8-10)2-1-7-17(12,15)16/h3-4,8,13-14H,1-2,5-7,9H2. The van der Waals surface area contributed by atoms with E-state index in [1.165, 1.54) is 0 Å². The number of fused-ring (bicyclic) bond motifs is 1. The first-order chi connectivity index (χ1) is 8.13. The predicted octanol–water partition coefficient (Wildman–Crippen LogP) is 0.488. The van der Waals surface area contributed by atoms with Crippen LogP contribution in [0.15, 0.2) is 23.1 Å². The Morgan fingerprint density at radius 1 is 1.35 bits per heavy atom. The molecule has 2 rings (SSSR count). The van der Waals surface area contributed by atoms with Gasteiger partial charge in [-0.25, -0.2) is 8.42 Å². The van der Waals surface area contributed by atoms with Crippen LogP contribution in [0, 0.1) is 0 Å². The van der Waals surface area contributed by atoms with E-state index in [9.17, 15) is 8.42 Å². The van der Waals surface area contributed by atoms with Gasteiger partial charge in [0.2, 0.25) is 0 Å². The first kappa shape index (κ1) is 12.5. The number of aliphatic hydroxyl groups is 1. The maximum atomic E-state index is 11.8. The summed E-state index contributed by atoms with van der Waals surface area (Å²) in [4.78, 5) is 0.495. The summed E-state index contributed by atoms with van der Waals surface area (Å²) >= 11 is 0. The van der Waals surface area contributed by atoms with E-state index in [1.807, 2.05) is 12.1 Å². The molecule has 0 saturated heterocycles. The zero-order valence-electron chi connectivity index (χ0n) is 9.65. The number of hydrogen-bond acceptors (Lipinski definition) is 4. The number of benzene rings is 1. The Balaban J connectivity index is 2.20. The molecule has 0 amide bonds. The average Bonchev–Trinajstić information content (AvgIpc) is 2.29. The van der Waals surface area contributed by atoms with E-state index in [1.54, 1.807) is 6.07 Å². The first-order valence-electron chi connectivity index (χ1n) is 5.79. The molecule has 0 aromatic heterocycles. The van der Waals surface area contributed by atoms with Crippen molar-refractivity contribution in [2.75, 3.05) is 18.9 Å². The summed E-state index contributed by atoms with van der Waals surface area (Å²) in [5, 5.41) is 11.7. The highest BCUT2D eigenvalue weighted by Gasteiger charge is 2.23. The predicted molar refractivity (Wildman–Crippen MR) is 65.6 cm³/mol. The van der Waals surface area contributed by atoms with Crippen molar-refractivity contribution in [1.82, 2.24) is 5.32 Å². The normalized spacial score (nSPS) is 17.7. The Morgan fingerprint density at radius 3 is 2.94 bits per heavy atom. The molecule has 0 fully saturated rings. The molecule has 1 aromatic rings. The molecule has 2 N–H and O–H groups in total. The van der Waals surface area contributed by atoms with Crippen LogP contribution >= 0.6 is 0 Å². The van der Waals surface area contributed by atoms with Crippen molar-refractivity contribution in [3.63, 3.8) is 0 Å². The van der Waals surface area contributed by atoms with Gasteiger partial charge in [0.15, 0.2) is 9.84 Å². The second kappa shape index (κ2) is 5.16. The SMILES string of the molecule is O=S1(=O)CCCc2cc(CNCCO)ccc21. The first-order valence-corrected chi connectivity index (χ1v) is 7.45. The summed E-state index contributed by atoms with van der Waals surface area (Å²) < 4.78 is 23.6. The highest BCUT2D eigenvalue weighted by molar-refractivity contribution is 7.91. The lowest BCUT2D eigenvalue weighted by molar-refractivity contribution is 0.292. The third-order valence-corrected chi connectivity index (χ3v) is 4.83. The molecule has 0 aliphatic carbocycles. The van der Waals surface area contributed by atoms with Crippen molar-refractivity contribution in [3.05, 3.63) is 29.3 Å². The number of sulfone groups is 1. The highest BCUT2D eigenvalue weighted by atomic mass is 32.2. The Bertz CT molecular complexity index is 496. The summed E-state index contributed by atoms with van der Waals surface area (Å²) in [5.74, 6) is 0.266. The van der Waals surface area contributed by atoms with Gasteiger partial charge in [0.25, 0.3) is 0 Å². The molecule has 94 valence electrons. The maximum Gasteiger partial charge on any atom is 0.178 e. The van der Waals surface area contributed by atoms with Gasteiger partial charge in [-0.1, -0.05) is 12.1 Å². The molecular formula is C12H17NO3S. The summed E-state index contributed by atoms with van der Waals surface area (Å²) in [6.45, 7) is 1.32. The molecule has 0 spiro atoms. The molecule has 1 aliphatic rings. The van der Waals surface area contributed by atoms with Crippen molar-refractivity contribution in [2.24, 2.45) is 0 Å². The van der Waals surface area contributed by atoms with Crippen LogP contribution in [0.4, 0.5) is 0 Å². The van der Waals surface area contributed by atoms with Crippen LogP contribution in [0.2, 0.25) is 0 Å². The van der Waals surface area contributed by atoms with Crippen LogP contribution in [0.25, 0.3) is 0 Å². The second-order valence-electron chi connectivity index (χ2n) is 4.26. The van der Waals surface area contributed by atoms with Crippen LogP contribution in [0.3, 0.4) is 0 Å². The van der Waals surface area contributed by atoms with Gasteiger partial charge in [-0.05, 0) is 30.0 Å². The summed E-state index contributed by atoms with van der Waals surface area (Å²) in [5.41, 5.74) is 1.99. The number of rotatable bonds is 4. The fraction of sp³-hybridized carbons (Fsp3) is 0.500. The van der Waals surface area contributed by atoms with Crippen molar-refractivity contribution < 1.29 is 13.5 Å². The van der Waals surface area contributed by atoms with Crippen LogP contribution < -0.4 is 5.32 Å². The zero-order chi connectivity index (χ0) is 12.3. The topological polar surface area (TPSA) is 66.4 Å². The highest BCUT2D eigenvalue weighted by Crippen LogP contribution is 2.25. The molecule has 1 aromatic carbocycles. The minimum Gasteiger partial charge on any atom is -0.395 e. The van der Waals surface area contributed by atoms with Crippen molar-refractivity contribution >= 4 is 9.84 Å². The minimum atomic E-state index is -3.04. The van der Waals surface area contributed by atoms with Crippen LogP contribution in [0.1, 0.15) is 17.5 Å². The average molecular weight is 255 g/mol. The lowest BCUT2D eigenvalue weighted by Gasteiger charge is -2.17. The van der Waals surface area contributed by atoms with Gasteiger partial charge in [-0.2, -0.15) is 0 Å². The Kier molecular flexibility index (Phi) is 3.81. The monoisotopic (exact) mass is 255 g/mol. The van der Waals surface area contributed by atoms with E-state index >= 15 is 0 Å². The van der Waals surface area contributed by atoms with E-state index in [0.29, 0.717) is 24.4 Å². The fourth-order valence-corrected chi connectivity index (χ4v) is 3.70. The summed E-state index contributed by atoms with van der Waals surface area (Å²) in [6.07, 6.45) is 1.55. The molecule has 5 heteroatoms. The number of nitrogens with one attached hydrogen (secondary N) is 1. The van der Waals surface area contributed by atoms with E-state index in [-0.39, 0.29) is 12.4 Å². The molecule has 0 radical (unpaired) electrons. The van der Waals surface area contributed by atoms with Crippen LogP contribution in [-0.4, -0.2) is 32.4 Å². The molecule has 17 heavy (non-hydrogen) atoms. The second-order valence-corrected chi connectivity index (χ2v) is 6.34. The number of hydrogen-bond donors (Lipinski definition) is 2. The third-order valence-electron chi connectivity index (χ3n) is 2.94. The summed E-state index contributed by atoms with van der Waals surface area (Å²) in [6, 6.07) is 5.50. The Hall–Kier alpha value is -0.910. The molecule has 0 bridgehead atoms. The number of aryl methyl sites for hydroxylation is 1. The van der Waals surface area contributed by atoms with Gasteiger partial charge in [0.1, 0.15) is 0 Å². The summed E-state index contributed by atoms with van der Waals surface area (Å²) in [7, 11) is -3.04. The quantitative estimate of drug-likeness (QED) is 0.768. The maximum absolute atomic E-state index is 11.8. The van der Waals surface area contributed by atoms with E-state index in [4.69, 9.17) is 5.11 Å². The van der Waals surface area contributed by atoms with Gasteiger partial charge in [-0.3, -0.25) is 0 Å². The molecule has 1 heterocycles. The van der Waals surface area contributed by atoms with Crippen LogP contribution in [0.5, 0.6) is 0 Å². The van der Waals surface area contributed by atoms with Crippen LogP contribution in [-0.2, 0) is 22.8 Å². The van der Waals surface area contributed by atoms with Gasteiger partial charge in [-0.15, -0.1) is 0 Å². The Labute approximate surface area is 102 Å². The van der Waals surface area contributed by atoms with Crippen molar-refractivity contribution in [1.29, 1.82) is 0 Å². The van der Waals surface area contributed by atoms with Gasteiger partial charge in [0.05, 0.1) is 17.3 Å². The lowest BCUT2D eigenvalue weighted by Crippen LogP contribution is -2.19. The smallest absolute Gasteiger partial charge is 0.178 e. The van der Waals surface area contributed by atoms with Gasteiger partial charge < -0.3 is 10.4 Å². The van der Waals surface area contributed by atoms with Gasteiger partial charge in [0, 0.05) is 13.1 Å². The Morgan fingerprint density at radius 2 is 2.18 bits per heavy atom. The van der Waals surface area contributed by atoms with Crippen molar-refractivity contribution in [2.45, 2.75) is 24.3 Å². The largest absolute Gasteiger partial charge is 0.395 e. The molecule has 0 unspecified atom stereocenters. The van der Waals surface area contributed by atoms with Crippen molar-refractivity contribution in [3.8, 4) is 0 Å². The molecule has 0 saturated carbocycles. The minimum absolute atomic E-state index is 0.110. The third kappa shape index (κ3) is 2.86. The van der Waals surface area contributed by atoms with E-state index < -0.39 is 9.84 Å². The van der Waals surface area contributed by atoms with E-state index in [2.05, 4.69) is 5.32 Å². The van der Waals surface area contributed by atoms with Gasteiger partial charge >= 0.3 is 0 Å². The zero-order valence-corrected chi connectivity index (χ0v) is 10.5. The molecular weight excluding hydrogens is 238 g/mol. The number of aliphatic hydroxyl groups excluding tert-OH is 1. The lowest BCUT2D eigenvalue weighted by atomic mass is 10.1. The molecule has 1 aliphatic heterocycles. The fourth-order valence-electron chi connectivity index (χ4n) is 2.12. The molecule has 4 nitrogen and oxygen atoms in total.